The van der Waals surface area contributed by atoms with Gasteiger partial charge in [0, 0.05) is 44.3 Å². The van der Waals surface area contributed by atoms with Gasteiger partial charge < -0.3 is 0 Å². The molecular weight excluding hydrogens is 545 g/mol. The van der Waals surface area contributed by atoms with E-state index in [9.17, 15) is 0 Å². The van der Waals surface area contributed by atoms with E-state index in [0.717, 1.165) is 45.6 Å². The van der Waals surface area contributed by atoms with Crippen LogP contribution in [-0.4, -0.2) is 29.9 Å². The third kappa shape index (κ3) is 6.81. The number of hydrogen-bond acceptors (Lipinski definition) is 6. The number of hydrogen-bond donors (Lipinski definition) is 0. The van der Waals surface area contributed by atoms with E-state index in [4.69, 9.17) is 9.97 Å². The summed E-state index contributed by atoms with van der Waals surface area (Å²) in [5.41, 5.74) is 6.82. The maximum absolute atomic E-state index is 4.70. The fourth-order valence-corrected chi connectivity index (χ4v) is 3.50. The molecule has 0 saturated heterocycles. The quantitative estimate of drug-likeness (QED) is 0.229. The van der Waals surface area contributed by atoms with Gasteiger partial charge >= 0.3 is 0 Å². The van der Waals surface area contributed by atoms with Crippen LogP contribution >= 0.6 is 0 Å². The van der Waals surface area contributed by atoms with Gasteiger partial charge in [0.25, 0.3) is 0 Å². The monoisotopic (exact) mass is 568 g/mol. The van der Waals surface area contributed by atoms with E-state index in [2.05, 4.69) is 19.9 Å². The van der Waals surface area contributed by atoms with Crippen molar-refractivity contribution >= 4 is 0 Å². The van der Waals surface area contributed by atoms with Crippen molar-refractivity contribution in [1.82, 2.24) is 29.9 Å². The van der Waals surface area contributed by atoms with Crippen molar-refractivity contribution in [1.29, 1.82) is 0 Å². The van der Waals surface area contributed by atoms with Crippen LogP contribution in [0.15, 0.2) is 134 Å². The normalized spacial score (nSPS) is 9.95. The summed E-state index contributed by atoms with van der Waals surface area (Å²) >= 11 is 0. The van der Waals surface area contributed by atoms with Crippen molar-refractivity contribution in [2.75, 3.05) is 0 Å². The van der Waals surface area contributed by atoms with Crippen molar-refractivity contribution in [2.45, 2.75) is 0 Å². The van der Waals surface area contributed by atoms with Gasteiger partial charge in [-0.3, -0.25) is 19.9 Å². The molecule has 0 radical (unpaired) electrons. The molecule has 0 aliphatic carbocycles. The van der Waals surface area contributed by atoms with E-state index < -0.39 is 0 Å². The summed E-state index contributed by atoms with van der Waals surface area (Å²) in [6.45, 7) is 0. The maximum atomic E-state index is 4.70. The minimum atomic E-state index is 0. The molecule has 0 amide bonds. The van der Waals surface area contributed by atoms with Crippen molar-refractivity contribution in [2.24, 2.45) is 0 Å². The Morgan fingerprint density at radius 2 is 0.514 bits per heavy atom. The number of rotatable bonds is 4. The smallest absolute Gasteiger partial charge is 0.0894 e. The Labute approximate surface area is 228 Å². The van der Waals surface area contributed by atoms with Crippen LogP contribution in [0.4, 0.5) is 0 Å². The zero-order chi connectivity index (χ0) is 24.4. The first-order valence-electron chi connectivity index (χ1n) is 11.5. The molecule has 0 spiro atoms. The van der Waals surface area contributed by atoms with Crippen LogP contribution in [0.25, 0.3) is 45.6 Å². The van der Waals surface area contributed by atoms with Gasteiger partial charge in [-0.1, -0.05) is 36.4 Å². The van der Waals surface area contributed by atoms with Gasteiger partial charge in [-0.2, -0.15) is 0 Å². The van der Waals surface area contributed by atoms with Crippen LogP contribution in [0.2, 0.25) is 0 Å². The third-order valence-corrected chi connectivity index (χ3v) is 5.21. The predicted octanol–water partition coefficient (Wildman–Crippen LogP) is 6.41. The number of aromatic nitrogens is 6. The first-order valence-corrected chi connectivity index (χ1v) is 11.5. The van der Waals surface area contributed by atoms with Crippen molar-refractivity contribution in [3.63, 3.8) is 0 Å². The van der Waals surface area contributed by atoms with Crippen LogP contribution in [-0.2, 0) is 19.5 Å². The molecule has 0 atom stereocenters. The second kappa shape index (κ2) is 13.0. The molecule has 6 nitrogen and oxygen atoms in total. The molecule has 6 heterocycles. The molecule has 37 heavy (non-hydrogen) atoms. The Balaban J connectivity index is 0.000000208. The second-order valence-corrected chi connectivity index (χ2v) is 7.68. The molecule has 0 aliphatic heterocycles. The Kier molecular flexibility index (Phi) is 9.00. The topological polar surface area (TPSA) is 77.3 Å². The zero-order valence-electron chi connectivity index (χ0n) is 19.7. The molecule has 6 aromatic rings. The van der Waals surface area contributed by atoms with E-state index in [-0.39, 0.29) is 19.5 Å². The average Bonchev–Trinajstić information content (AvgIpc) is 2.99. The van der Waals surface area contributed by atoms with E-state index in [1.807, 2.05) is 109 Å². The van der Waals surface area contributed by atoms with Crippen molar-refractivity contribution in [3.05, 3.63) is 134 Å². The average molecular weight is 568 g/mol. The summed E-state index contributed by atoms with van der Waals surface area (Å²) in [5, 5.41) is 0. The summed E-state index contributed by atoms with van der Waals surface area (Å²) < 4.78 is 0. The Morgan fingerprint density at radius 3 is 0.784 bits per heavy atom. The number of nitrogens with zero attached hydrogens (tertiary/aromatic N) is 6. The molecule has 0 N–H and O–H groups in total. The van der Waals surface area contributed by atoms with Gasteiger partial charge in [-0.15, -0.1) is 0 Å². The predicted molar refractivity (Wildman–Crippen MR) is 141 cm³/mol. The van der Waals surface area contributed by atoms with Crippen LogP contribution < -0.4 is 0 Å². The van der Waals surface area contributed by atoms with E-state index in [0.29, 0.717) is 0 Å². The van der Waals surface area contributed by atoms with E-state index in [1.54, 1.807) is 24.8 Å². The molecule has 6 aromatic heterocycles. The van der Waals surface area contributed by atoms with Gasteiger partial charge in [-0.05, 0) is 72.8 Å². The first-order chi connectivity index (χ1) is 17.9. The Bertz CT molecular complexity index is 1400. The standard InChI is InChI=1S/C20H14N4.C10H8N2.Ru/c1-3-13-21-15(7-1)17-9-5-11-19(23-17)20-12-6-10-18(24-20)16-8-2-4-14-22-16;1-3-7-11-9(5-1)10-6-2-4-8-12-10;/h1-14H;1-8H;. The summed E-state index contributed by atoms with van der Waals surface area (Å²) in [5.74, 6) is 0. The van der Waals surface area contributed by atoms with Crippen LogP contribution in [0, 0.1) is 0 Å². The zero-order valence-corrected chi connectivity index (χ0v) is 21.5. The van der Waals surface area contributed by atoms with Crippen LogP contribution in [0.5, 0.6) is 0 Å². The fourth-order valence-electron chi connectivity index (χ4n) is 3.50. The molecular formula is C30H22N6Ru. The molecule has 7 heteroatoms. The molecule has 6 rings (SSSR count). The summed E-state index contributed by atoms with van der Waals surface area (Å²) in [6.07, 6.45) is 7.07. The Hall–Kier alpha value is -4.48. The first kappa shape index (κ1) is 25.6. The van der Waals surface area contributed by atoms with Gasteiger partial charge in [0.2, 0.25) is 0 Å². The summed E-state index contributed by atoms with van der Waals surface area (Å²) in [6, 6.07) is 35.0. The third-order valence-electron chi connectivity index (χ3n) is 5.21. The number of pyridine rings is 6. The van der Waals surface area contributed by atoms with Crippen molar-refractivity contribution in [3.8, 4) is 45.6 Å². The molecule has 0 aromatic carbocycles. The van der Waals surface area contributed by atoms with E-state index >= 15 is 0 Å². The largest absolute Gasteiger partial charge is 0.255 e. The van der Waals surface area contributed by atoms with Gasteiger partial charge in [0.05, 0.1) is 45.6 Å². The van der Waals surface area contributed by atoms with Crippen LogP contribution in [0.3, 0.4) is 0 Å². The minimum absolute atomic E-state index is 0. The van der Waals surface area contributed by atoms with Crippen LogP contribution in [0.1, 0.15) is 0 Å². The molecule has 0 fully saturated rings. The van der Waals surface area contributed by atoms with E-state index in [1.165, 1.54) is 0 Å². The SMILES string of the molecule is [Ru].c1ccc(-c2cccc(-c3cccc(-c4ccccn4)n3)n2)nc1.c1ccc(-c2ccccn2)nc1. The maximum Gasteiger partial charge on any atom is 0.0894 e. The van der Waals surface area contributed by atoms with Gasteiger partial charge in [0.1, 0.15) is 0 Å². The fraction of sp³-hybridized carbons (Fsp3) is 0. The summed E-state index contributed by atoms with van der Waals surface area (Å²) in [7, 11) is 0. The molecule has 0 aliphatic rings. The molecule has 180 valence electrons. The van der Waals surface area contributed by atoms with Gasteiger partial charge in [0.15, 0.2) is 0 Å². The minimum Gasteiger partial charge on any atom is -0.255 e. The second-order valence-electron chi connectivity index (χ2n) is 7.68. The summed E-state index contributed by atoms with van der Waals surface area (Å²) in [4.78, 5) is 26.5. The van der Waals surface area contributed by atoms with Gasteiger partial charge in [-0.25, -0.2) is 9.97 Å². The molecule has 0 saturated carbocycles. The van der Waals surface area contributed by atoms with Crippen molar-refractivity contribution < 1.29 is 19.5 Å². The Morgan fingerprint density at radius 1 is 0.270 bits per heavy atom. The molecule has 0 bridgehead atoms. The molecule has 0 unspecified atom stereocenters.